The van der Waals surface area contributed by atoms with E-state index in [4.69, 9.17) is 9.72 Å². The Morgan fingerprint density at radius 3 is 2.93 bits per heavy atom. The number of hydrogen-bond acceptors (Lipinski definition) is 4. The molecule has 2 bridgehead atoms. The lowest BCUT2D eigenvalue weighted by Gasteiger charge is -2.20. The van der Waals surface area contributed by atoms with Crippen LogP contribution in [-0.4, -0.2) is 33.9 Å². The van der Waals surface area contributed by atoms with Crippen LogP contribution in [0, 0.1) is 5.92 Å². The van der Waals surface area contributed by atoms with Gasteiger partial charge in [0.2, 0.25) is 5.91 Å². The van der Waals surface area contributed by atoms with Crippen molar-refractivity contribution in [3.63, 3.8) is 0 Å². The molecule has 0 spiro atoms. The van der Waals surface area contributed by atoms with E-state index in [1.54, 1.807) is 0 Å². The fourth-order valence-corrected chi connectivity index (χ4v) is 4.21. The highest BCUT2D eigenvalue weighted by Gasteiger charge is 2.41. The maximum absolute atomic E-state index is 12.8. The summed E-state index contributed by atoms with van der Waals surface area (Å²) >= 11 is 0. The quantitative estimate of drug-likeness (QED) is 0.747. The molecule has 1 fully saturated rings. The molecule has 6 nitrogen and oxygen atoms in total. The highest BCUT2D eigenvalue weighted by molar-refractivity contribution is 5.84. The number of fused-ring (bicyclic) bond motifs is 6. The van der Waals surface area contributed by atoms with Gasteiger partial charge in [-0.3, -0.25) is 14.5 Å². The molecule has 3 aromatic rings. The van der Waals surface area contributed by atoms with E-state index in [2.05, 4.69) is 17.3 Å². The Morgan fingerprint density at radius 1 is 1.25 bits per heavy atom. The lowest BCUT2D eigenvalue weighted by atomic mass is 10.1. The van der Waals surface area contributed by atoms with E-state index < -0.39 is 0 Å². The molecule has 2 aliphatic rings. The van der Waals surface area contributed by atoms with E-state index in [0.717, 1.165) is 40.8 Å². The SMILES string of the molecule is CCn1ncc2cc3nc(c21)[C@@H]1C[C@@H]1COC[C@H](c1ccccc1)NC(=O)C3. The van der Waals surface area contributed by atoms with Gasteiger partial charge in [0.05, 0.1) is 48.8 Å². The Balaban J connectivity index is 1.51. The first-order chi connectivity index (χ1) is 13.7. The van der Waals surface area contributed by atoms with Crippen LogP contribution >= 0.6 is 0 Å². The van der Waals surface area contributed by atoms with Crippen molar-refractivity contribution in [1.82, 2.24) is 20.1 Å². The van der Waals surface area contributed by atoms with Crippen LogP contribution in [0.5, 0.6) is 0 Å². The molecule has 144 valence electrons. The number of carbonyl (C=O) groups is 1. The summed E-state index contributed by atoms with van der Waals surface area (Å²) < 4.78 is 8.04. The van der Waals surface area contributed by atoms with Crippen LogP contribution in [-0.2, 0) is 22.5 Å². The smallest absolute Gasteiger partial charge is 0.226 e. The van der Waals surface area contributed by atoms with Crippen LogP contribution in [0.3, 0.4) is 0 Å². The second kappa shape index (κ2) is 7.02. The number of benzene rings is 1. The van der Waals surface area contributed by atoms with Crippen LogP contribution in [0.2, 0.25) is 0 Å². The lowest BCUT2D eigenvalue weighted by Crippen LogP contribution is -2.33. The van der Waals surface area contributed by atoms with E-state index in [9.17, 15) is 4.79 Å². The molecule has 1 aliphatic carbocycles. The molecule has 0 unspecified atom stereocenters. The van der Waals surface area contributed by atoms with Crippen molar-refractivity contribution in [2.75, 3.05) is 13.2 Å². The number of pyridine rings is 1. The average Bonchev–Trinajstić information content (AvgIpc) is 3.35. The van der Waals surface area contributed by atoms with Crippen molar-refractivity contribution < 1.29 is 9.53 Å². The molecule has 3 heterocycles. The summed E-state index contributed by atoms with van der Waals surface area (Å²) in [6.45, 7) is 4.08. The summed E-state index contributed by atoms with van der Waals surface area (Å²) in [6.07, 6.45) is 3.23. The van der Waals surface area contributed by atoms with Crippen molar-refractivity contribution in [1.29, 1.82) is 0 Å². The van der Waals surface area contributed by atoms with Gasteiger partial charge in [-0.05, 0) is 30.9 Å². The number of amides is 1. The Morgan fingerprint density at radius 2 is 2.11 bits per heavy atom. The van der Waals surface area contributed by atoms with Gasteiger partial charge >= 0.3 is 0 Å². The summed E-state index contributed by atoms with van der Waals surface area (Å²) in [5.41, 5.74) is 4.06. The fraction of sp³-hybridized carbons (Fsp3) is 0.409. The van der Waals surface area contributed by atoms with E-state index in [1.807, 2.05) is 47.3 Å². The molecule has 6 heteroatoms. The molecule has 1 amide bonds. The van der Waals surface area contributed by atoms with Gasteiger partial charge in [-0.1, -0.05) is 30.3 Å². The normalized spacial score (nSPS) is 24.8. The van der Waals surface area contributed by atoms with Crippen LogP contribution in [0.1, 0.15) is 42.3 Å². The van der Waals surface area contributed by atoms with Gasteiger partial charge in [0.1, 0.15) is 0 Å². The standard InChI is InChI=1S/C22H24N4O2/c1-2-26-22-15(11-23-26)8-17-10-20(27)25-19(14-6-4-3-5-7-14)13-28-12-16-9-18(16)21(22)24-17/h3-8,11,16,18-19H,2,9-10,12-13H2,1H3,(H,25,27)/t16-,18-,19-/m1/s1. The first-order valence-electron chi connectivity index (χ1n) is 10.00. The number of aromatic nitrogens is 3. The third kappa shape index (κ3) is 3.18. The monoisotopic (exact) mass is 376 g/mol. The van der Waals surface area contributed by atoms with Crippen molar-refractivity contribution in [2.45, 2.75) is 38.3 Å². The molecule has 2 aromatic heterocycles. The van der Waals surface area contributed by atoms with Gasteiger partial charge in [0, 0.05) is 17.8 Å². The van der Waals surface area contributed by atoms with Crippen molar-refractivity contribution >= 4 is 16.8 Å². The van der Waals surface area contributed by atoms with Gasteiger partial charge < -0.3 is 10.1 Å². The third-order valence-corrected chi connectivity index (χ3v) is 5.77. The van der Waals surface area contributed by atoms with Crippen molar-refractivity contribution in [3.8, 4) is 0 Å². The zero-order valence-electron chi connectivity index (χ0n) is 16.0. The van der Waals surface area contributed by atoms with E-state index in [0.29, 0.717) is 25.0 Å². The maximum atomic E-state index is 12.8. The number of carbonyl (C=O) groups excluding carboxylic acids is 1. The highest BCUT2D eigenvalue weighted by atomic mass is 16.5. The third-order valence-electron chi connectivity index (χ3n) is 5.77. The van der Waals surface area contributed by atoms with Crippen molar-refractivity contribution in [2.24, 2.45) is 5.92 Å². The van der Waals surface area contributed by atoms with E-state index >= 15 is 0 Å². The fourth-order valence-electron chi connectivity index (χ4n) is 4.21. The minimum absolute atomic E-state index is 0.0361. The molecule has 28 heavy (non-hydrogen) atoms. The predicted octanol–water partition coefficient (Wildman–Crippen LogP) is 2.98. The number of aryl methyl sites for hydroxylation is 1. The Bertz CT molecular complexity index is 1010. The van der Waals surface area contributed by atoms with Gasteiger partial charge in [0.25, 0.3) is 0 Å². The summed E-state index contributed by atoms with van der Waals surface area (Å²) in [5.74, 6) is 0.839. The number of rotatable bonds is 2. The zero-order chi connectivity index (χ0) is 19.1. The number of ether oxygens (including phenoxy) is 1. The first kappa shape index (κ1) is 17.4. The average molecular weight is 376 g/mol. The molecular weight excluding hydrogens is 352 g/mol. The molecular formula is C22H24N4O2. The van der Waals surface area contributed by atoms with Crippen molar-refractivity contribution in [3.05, 3.63) is 59.5 Å². The largest absolute Gasteiger partial charge is 0.379 e. The summed E-state index contributed by atoms with van der Waals surface area (Å²) in [5, 5.41) is 8.70. The Hall–Kier alpha value is -2.73. The van der Waals surface area contributed by atoms with Gasteiger partial charge in [-0.15, -0.1) is 0 Å². The van der Waals surface area contributed by atoms with Gasteiger partial charge in [-0.25, -0.2) is 0 Å². The van der Waals surface area contributed by atoms with Crippen LogP contribution < -0.4 is 5.32 Å². The highest BCUT2D eigenvalue weighted by Crippen LogP contribution is 2.49. The predicted molar refractivity (Wildman–Crippen MR) is 106 cm³/mol. The number of hydrogen-bond donors (Lipinski definition) is 1. The topological polar surface area (TPSA) is 69.0 Å². The molecule has 1 saturated carbocycles. The zero-order valence-corrected chi connectivity index (χ0v) is 16.0. The van der Waals surface area contributed by atoms with Crippen LogP contribution in [0.15, 0.2) is 42.6 Å². The molecule has 1 aromatic carbocycles. The summed E-state index contributed by atoms with van der Waals surface area (Å²) in [6, 6.07) is 11.9. The maximum Gasteiger partial charge on any atom is 0.226 e. The summed E-state index contributed by atoms with van der Waals surface area (Å²) in [7, 11) is 0. The second-order valence-electron chi connectivity index (χ2n) is 7.74. The second-order valence-corrected chi connectivity index (χ2v) is 7.74. The van der Waals surface area contributed by atoms with Gasteiger partial charge in [-0.2, -0.15) is 5.10 Å². The molecule has 0 saturated heterocycles. The van der Waals surface area contributed by atoms with Crippen LogP contribution in [0.25, 0.3) is 10.9 Å². The number of nitrogens with one attached hydrogen (secondary N) is 1. The van der Waals surface area contributed by atoms with E-state index in [-0.39, 0.29) is 18.4 Å². The lowest BCUT2D eigenvalue weighted by molar-refractivity contribution is -0.121. The Kier molecular flexibility index (Phi) is 4.36. The molecule has 1 aliphatic heterocycles. The molecule has 3 atom stereocenters. The molecule has 0 radical (unpaired) electrons. The van der Waals surface area contributed by atoms with Gasteiger partial charge in [0.15, 0.2) is 0 Å². The van der Waals surface area contributed by atoms with Crippen LogP contribution in [0.4, 0.5) is 0 Å². The minimum Gasteiger partial charge on any atom is -0.379 e. The molecule has 5 rings (SSSR count). The summed E-state index contributed by atoms with van der Waals surface area (Å²) in [4.78, 5) is 17.7. The molecule has 1 N–H and O–H groups in total. The first-order valence-corrected chi connectivity index (χ1v) is 10.00. The van der Waals surface area contributed by atoms with E-state index in [1.165, 1.54) is 0 Å². The number of nitrogens with zero attached hydrogens (tertiary/aromatic N) is 3. The Labute approximate surface area is 163 Å². The minimum atomic E-state index is -0.142.